The zero-order valence-electron chi connectivity index (χ0n) is 18.3. The monoisotopic (exact) mass is 421 g/mol. The van der Waals surface area contributed by atoms with Gasteiger partial charge in [0.05, 0.1) is 24.8 Å². The van der Waals surface area contributed by atoms with Crippen molar-refractivity contribution < 1.29 is 14.3 Å². The second-order valence-electron chi connectivity index (χ2n) is 8.02. The average Bonchev–Trinajstić information content (AvgIpc) is 3.21. The Balaban J connectivity index is 1.52. The van der Waals surface area contributed by atoms with E-state index in [2.05, 4.69) is 50.6 Å². The number of hydrogen-bond donors (Lipinski definition) is 0. The highest BCUT2D eigenvalue weighted by atomic mass is 16.5. The van der Waals surface area contributed by atoms with Gasteiger partial charge in [0.2, 0.25) is 5.95 Å². The van der Waals surface area contributed by atoms with Gasteiger partial charge in [-0.05, 0) is 62.8 Å². The summed E-state index contributed by atoms with van der Waals surface area (Å²) in [5.41, 5.74) is 3.16. The number of anilines is 1. The van der Waals surface area contributed by atoms with Gasteiger partial charge in [-0.15, -0.1) is 0 Å². The maximum atomic E-state index is 11.2. The van der Waals surface area contributed by atoms with Crippen LogP contribution in [0, 0.1) is 0 Å². The number of unbranched alkanes of at least 4 members (excludes halogenated alkanes) is 2. The lowest BCUT2D eigenvalue weighted by Gasteiger charge is -2.28. The van der Waals surface area contributed by atoms with Crippen LogP contribution in [0.15, 0.2) is 48.5 Å². The first kappa shape index (κ1) is 21.2. The van der Waals surface area contributed by atoms with E-state index in [0.29, 0.717) is 13.0 Å². The summed E-state index contributed by atoms with van der Waals surface area (Å²) in [4.78, 5) is 18.6. The molecule has 0 unspecified atom stereocenters. The Morgan fingerprint density at radius 2 is 1.81 bits per heavy atom. The second kappa shape index (κ2) is 10.3. The molecule has 1 fully saturated rings. The Kier molecular flexibility index (Phi) is 7.07. The molecule has 2 heterocycles. The summed E-state index contributed by atoms with van der Waals surface area (Å²) in [5, 5.41) is 0. The Hall–Kier alpha value is -3.02. The summed E-state index contributed by atoms with van der Waals surface area (Å²) in [7, 11) is 1.43. The molecule has 0 aliphatic carbocycles. The summed E-state index contributed by atoms with van der Waals surface area (Å²) in [5.74, 6) is 1.72. The van der Waals surface area contributed by atoms with E-state index in [1.807, 2.05) is 12.1 Å². The summed E-state index contributed by atoms with van der Waals surface area (Å²) < 4.78 is 13.0. The standard InChI is InChI=1S/C25H31N3O3/c1-30-24(29)13-7-3-10-18-31-21-14-15-22-23(19-21)28(20-11-5-2-6-12-20)25(26-22)27-16-8-4-9-17-27/h2,5-6,11-12,14-15,19H,3-4,7-10,13,16-18H2,1H3. The fourth-order valence-electron chi connectivity index (χ4n) is 4.11. The highest BCUT2D eigenvalue weighted by Crippen LogP contribution is 2.31. The molecule has 0 bridgehead atoms. The Labute approximate surface area is 183 Å². The van der Waals surface area contributed by atoms with Crippen molar-refractivity contribution in [2.45, 2.75) is 44.9 Å². The van der Waals surface area contributed by atoms with Crippen LogP contribution in [0.25, 0.3) is 16.7 Å². The van der Waals surface area contributed by atoms with E-state index >= 15 is 0 Å². The van der Waals surface area contributed by atoms with Crippen LogP contribution >= 0.6 is 0 Å². The largest absolute Gasteiger partial charge is 0.494 e. The number of rotatable bonds is 9. The van der Waals surface area contributed by atoms with Crippen molar-refractivity contribution in [2.75, 3.05) is 31.7 Å². The van der Waals surface area contributed by atoms with Gasteiger partial charge < -0.3 is 14.4 Å². The third-order valence-corrected chi connectivity index (χ3v) is 5.78. The van der Waals surface area contributed by atoms with E-state index in [1.54, 1.807) is 0 Å². The molecule has 0 atom stereocenters. The molecule has 1 saturated heterocycles. The van der Waals surface area contributed by atoms with Gasteiger partial charge in [-0.25, -0.2) is 4.98 Å². The first-order valence-electron chi connectivity index (χ1n) is 11.3. The molecule has 2 aromatic carbocycles. The maximum Gasteiger partial charge on any atom is 0.305 e. The fraction of sp³-hybridized carbons (Fsp3) is 0.440. The highest BCUT2D eigenvalue weighted by molar-refractivity contribution is 5.83. The van der Waals surface area contributed by atoms with Crippen molar-refractivity contribution in [3.05, 3.63) is 48.5 Å². The first-order valence-corrected chi connectivity index (χ1v) is 11.3. The number of fused-ring (bicyclic) bond motifs is 1. The smallest absolute Gasteiger partial charge is 0.305 e. The molecule has 1 aromatic heterocycles. The number of carbonyl (C=O) groups is 1. The van der Waals surface area contributed by atoms with E-state index < -0.39 is 0 Å². The number of methoxy groups -OCH3 is 1. The molecule has 0 saturated carbocycles. The minimum Gasteiger partial charge on any atom is -0.494 e. The molecule has 31 heavy (non-hydrogen) atoms. The van der Waals surface area contributed by atoms with Crippen molar-refractivity contribution in [1.82, 2.24) is 9.55 Å². The SMILES string of the molecule is COC(=O)CCCCCOc1ccc2nc(N3CCCCC3)n(-c3ccccc3)c2c1. The van der Waals surface area contributed by atoms with Crippen molar-refractivity contribution in [3.8, 4) is 11.4 Å². The topological polar surface area (TPSA) is 56.6 Å². The second-order valence-corrected chi connectivity index (χ2v) is 8.02. The molecule has 1 aliphatic heterocycles. The number of benzene rings is 2. The zero-order valence-corrected chi connectivity index (χ0v) is 18.3. The number of ether oxygens (including phenoxy) is 2. The number of para-hydroxylation sites is 1. The minimum atomic E-state index is -0.148. The molecule has 164 valence electrons. The van der Waals surface area contributed by atoms with E-state index in [4.69, 9.17) is 9.72 Å². The molecule has 6 nitrogen and oxygen atoms in total. The molecule has 0 radical (unpaired) electrons. The molecule has 3 aromatic rings. The van der Waals surface area contributed by atoms with E-state index in [0.717, 1.165) is 60.8 Å². The Morgan fingerprint density at radius 3 is 2.58 bits per heavy atom. The lowest BCUT2D eigenvalue weighted by molar-refractivity contribution is -0.140. The predicted octanol–water partition coefficient (Wildman–Crippen LogP) is 5.13. The van der Waals surface area contributed by atoms with Crippen LogP contribution in [0.3, 0.4) is 0 Å². The minimum absolute atomic E-state index is 0.148. The Morgan fingerprint density at radius 1 is 1.00 bits per heavy atom. The van der Waals surface area contributed by atoms with Crippen LogP contribution in [-0.4, -0.2) is 42.3 Å². The summed E-state index contributed by atoms with van der Waals surface area (Å²) in [6.07, 6.45) is 6.86. The third kappa shape index (κ3) is 5.19. The molecular weight excluding hydrogens is 390 g/mol. The quantitative estimate of drug-likeness (QED) is 0.354. The molecule has 0 spiro atoms. The van der Waals surface area contributed by atoms with Gasteiger partial charge in [0.1, 0.15) is 5.75 Å². The molecule has 4 rings (SSSR count). The van der Waals surface area contributed by atoms with Crippen molar-refractivity contribution >= 4 is 23.0 Å². The molecular formula is C25H31N3O3. The number of piperidine rings is 1. The third-order valence-electron chi connectivity index (χ3n) is 5.78. The van der Waals surface area contributed by atoms with Crippen LogP contribution in [0.5, 0.6) is 5.75 Å². The van der Waals surface area contributed by atoms with Gasteiger partial charge in [-0.3, -0.25) is 9.36 Å². The van der Waals surface area contributed by atoms with Crippen molar-refractivity contribution in [1.29, 1.82) is 0 Å². The van der Waals surface area contributed by atoms with Crippen LogP contribution < -0.4 is 9.64 Å². The van der Waals surface area contributed by atoms with Gasteiger partial charge in [0.15, 0.2) is 0 Å². The molecule has 1 aliphatic rings. The van der Waals surface area contributed by atoms with E-state index in [-0.39, 0.29) is 5.97 Å². The van der Waals surface area contributed by atoms with Crippen molar-refractivity contribution in [3.63, 3.8) is 0 Å². The summed E-state index contributed by atoms with van der Waals surface area (Å²) >= 11 is 0. The molecule has 6 heteroatoms. The van der Waals surface area contributed by atoms with E-state index in [1.165, 1.54) is 26.4 Å². The number of hydrogen-bond acceptors (Lipinski definition) is 5. The number of carbonyl (C=O) groups excluding carboxylic acids is 1. The fourth-order valence-corrected chi connectivity index (χ4v) is 4.11. The number of imidazole rings is 1. The van der Waals surface area contributed by atoms with Crippen LogP contribution in [0.2, 0.25) is 0 Å². The summed E-state index contributed by atoms with van der Waals surface area (Å²) in [6, 6.07) is 16.6. The van der Waals surface area contributed by atoms with Gasteiger partial charge in [-0.2, -0.15) is 0 Å². The van der Waals surface area contributed by atoms with Gasteiger partial charge in [0.25, 0.3) is 0 Å². The Bertz CT molecular complexity index is 994. The van der Waals surface area contributed by atoms with Crippen molar-refractivity contribution in [2.24, 2.45) is 0 Å². The maximum absolute atomic E-state index is 11.2. The number of aromatic nitrogens is 2. The van der Waals surface area contributed by atoms with E-state index in [9.17, 15) is 4.79 Å². The van der Waals surface area contributed by atoms with Crippen LogP contribution in [0.4, 0.5) is 5.95 Å². The average molecular weight is 422 g/mol. The van der Waals surface area contributed by atoms with Crippen LogP contribution in [-0.2, 0) is 9.53 Å². The lowest BCUT2D eigenvalue weighted by atomic mass is 10.1. The molecule has 0 N–H and O–H groups in total. The normalized spacial score (nSPS) is 14.0. The highest BCUT2D eigenvalue weighted by Gasteiger charge is 2.20. The predicted molar refractivity (Wildman–Crippen MR) is 123 cm³/mol. The van der Waals surface area contributed by atoms with Crippen LogP contribution in [0.1, 0.15) is 44.9 Å². The van der Waals surface area contributed by atoms with Gasteiger partial charge in [-0.1, -0.05) is 18.2 Å². The first-order chi connectivity index (χ1) is 15.3. The van der Waals surface area contributed by atoms with Gasteiger partial charge >= 0.3 is 5.97 Å². The lowest BCUT2D eigenvalue weighted by Crippen LogP contribution is -2.31. The number of nitrogens with zero attached hydrogens (tertiary/aromatic N) is 3. The molecule has 0 amide bonds. The number of esters is 1. The van der Waals surface area contributed by atoms with Gasteiger partial charge in [0, 0.05) is 31.3 Å². The summed E-state index contributed by atoms with van der Waals surface area (Å²) in [6.45, 7) is 2.72. The zero-order chi connectivity index (χ0) is 21.5.